The summed E-state index contributed by atoms with van der Waals surface area (Å²) in [6.07, 6.45) is 4.14. The smallest absolute Gasteiger partial charge is 0.164 e. The topological polar surface area (TPSA) is 31.4 Å². The van der Waals surface area contributed by atoms with Crippen molar-refractivity contribution < 1.29 is 9.47 Å². The molecule has 1 aliphatic carbocycles. The molecule has 19 heavy (non-hydrogen) atoms. The van der Waals surface area contributed by atoms with E-state index in [1.54, 1.807) is 11.3 Å². The molecule has 1 saturated carbocycles. The van der Waals surface area contributed by atoms with Crippen molar-refractivity contribution in [2.45, 2.75) is 63.9 Å². The van der Waals surface area contributed by atoms with Crippen LogP contribution in [-0.2, 0) is 15.9 Å². The van der Waals surface area contributed by atoms with Crippen LogP contribution in [0.3, 0.4) is 0 Å². The molecule has 3 rings (SSSR count). The molecule has 0 aromatic carbocycles. The molecule has 0 N–H and O–H groups in total. The van der Waals surface area contributed by atoms with Crippen LogP contribution in [0.25, 0.3) is 0 Å². The molecule has 1 aliphatic heterocycles. The van der Waals surface area contributed by atoms with Crippen LogP contribution in [0.1, 0.15) is 43.8 Å². The first kappa shape index (κ1) is 13.3. The number of hydrogen-bond acceptors (Lipinski definition) is 4. The van der Waals surface area contributed by atoms with Gasteiger partial charge in [-0.05, 0) is 39.2 Å². The molecule has 3 nitrogen and oxygen atoms in total. The van der Waals surface area contributed by atoms with Crippen molar-refractivity contribution in [2.75, 3.05) is 0 Å². The normalized spacial score (nSPS) is 27.4. The van der Waals surface area contributed by atoms with Gasteiger partial charge >= 0.3 is 0 Å². The predicted octanol–water partition coefficient (Wildman–Crippen LogP) is 3.62. The molecule has 0 radical (unpaired) electrons. The summed E-state index contributed by atoms with van der Waals surface area (Å²) >= 11 is 1.69. The van der Waals surface area contributed by atoms with Crippen LogP contribution < -0.4 is 0 Å². The average Bonchev–Trinajstić information content (AvgIpc) is 2.88. The highest BCUT2D eigenvalue weighted by Gasteiger charge is 2.53. The van der Waals surface area contributed by atoms with Gasteiger partial charge in [-0.3, -0.25) is 0 Å². The Morgan fingerprint density at radius 3 is 2.84 bits per heavy atom. The molecular formula is C15H21NO2S. The molecule has 2 fully saturated rings. The minimum Gasteiger partial charge on any atom is -0.344 e. The third-order valence-corrected chi connectivity index (χ3v) is 4.61. The number of thiazole rings is 1. The third-order valence-electron chi connectivity index (χ3n) is 3.78. The van der Waals surface area contributed by atoms with Crippen LogP contribution in [0.2, 0.25) is 0 Å². The lowest BCUT2D eigenvalue weighted by Gasteiger charge is -2.42. The van der Waals surface area contributed by atoms with E-state index < -0.39 is 5.79 Å². The summed E-state index contributed by atoms with van der Waals surface area (Å²) in [4.78, 5) is 4.50. The summed E-state index contributed by atoms with van der Waals surface area (Å²) in [5.41, 5.74) is 2.28. The van der Waals surface area contributed by atoms with E-state index in [0.29, 0.717) is 0 Å². The van der Waals surface area contributed by atoms with E-state index in [0.717, 1.165) is 42.0 Å². The summed E-state index contributed by atoms with van der Waals surface area (Å²) < 4.78 is 12.1. The van der Waals surface area contributed by atoms with Crippen molar-refractivity contribution in [1.82, 2.24) is 4.98 Å². The number of hydrogen-bond donors (Lipinski definition) is 0. The van der Waals surface area contributed by atoms with Crippen molar-refractivity contribution in [3.8, 4) is 0 Å². The molecule has 2 heterocycles. The van der Waals surface area contributed by atoms with Gasteiger partial charge in [0.2, 0.25) is 0 Å². The molecule has 0 bridgehead atoms. The van der Waals surface area contributed by atoms with E-state index in [2.05, 4.69) is 16.9 Å². The average molecular weight is 279 g/mol. The van der Waals surface area contributed by atoms with Crippen molar-refractivity contribution in [1.29, 1.82) is 0 Å². The van der Waals surface area contributed by atoms with Crippen LogP contribution in [-0.4, -0.2) is 22.5 Å². The first-order chi connectivity index (χ1) is 8.88. The minimum atomic E-state index is -0.500. The number of nitrogens with zero attached hydrogens (tertiary/aromatic N) is 1. The summed E-state index contributed by atoms with van der Waals surface area (Å²) in [6, 6.07) is 0. The van der Waals surface area contributed by atoms with Gasteiger partial charge in [-0.1, -0.05) is 6.58 Å². The third kappa shape index (κ3) is 2.91. The van der Waals surface area contributed by atoms with Gasteiger partial charge in [-0.15, -0.1) is 11.3 Å². The first-order valence-electron chi connectivity index (χ1n) is 6.84. The number of aryl methyl sites for hydroxylation is 1. The Morgan fingerprint density at radius 1 is 1.53 bits per heavy atom. The second-order valence-corrected chi connectivity index (χ2v) is 7.25. The monoisotopic (exact) mass is 279 g/mol. The van der Waals surface area contributed by atoms with Crippen molar-refractivity contribution in [3.05, 3.63) is 28.2 Å². The van der Waals surface area contributed by atoms with Crippen LogP contribution in [0.15, 0.2) is 17.5 Å². The fraction of sp³-hybridized carbons (Fsp3) is 0.667. The van der Waals surface area contributed by atoms with Crippen molar-refractivity contribution in [3.63, 3.8) is 0 Å². The van der Waals surface area contributed by atoms with Crippen LogP contribution in [0.4, 0.5) is 0 Å². The number of aromatic nitrogens is 1. The van der Waals surface area contributed by atoms with E-state index in [-0.39, 0.29) is 11.7 Å². The zero-order valence-electron chi connectivity index (χ0n) is 11.9. The maximum absolute atomic E-state index is 6.04. The Morgan fingerprint density at radius 2 is 2.26 bits per heavy atom. The van der Waals surface area contributed by atoms with Crippen molar-refractivity contribution >= 4 is 11.3 Å². The lowest BCUT2D eigenvalue weighted by atomic mass is 9.97. The molecule has 1 saturated heterocycles. The van der Waals surface area contributed by atoms with Crippen LogP contribution >= 0.6 is 11.3 Å². The van der Waals surface area contributed by atoms with Crippen LogP contribution in [0.5, 0.6) is 0 Å². The first-order valence-corrected chi connectivity index (χ1v) is 7.72. The molecule has 0 unspecified atom stereocenters. The van der Waals surface area contributed by atoms with Crippen LogP contribution in [0, 0.1) is 6.92 Å². The summed E-state index contributed by atoms with van der Waals surface area (Å²) in [5.74, 6) is -0.500. The molecule has 1 aromatic heterocycles. The maximum Gasteiger partial charge on any atom is 0.164 e. The molecule has 2 aliphatic rings. The fourth-order valence-corrected chi connectivity index (χ4v) is 3.43. The molecule has 1 aromatic rings. The Balaban J connectivity index is 1.69. The quantitative estimate of drug-likeness (QED) is 0.792. The van der Waals surface area contributed by atoms with Gasteiger partial charge in [0.05, 0.1) is 22.4 Å². The highest BCUT2D eigenvalue weighted by Crippen LogP contribution is 2.51. The highest BCUT2D eigenvalue weighted by molar-refractivity contribution is 7.09. The summed E-state index contributed by atoms with van der Waals surface area (Å²) in [6.45, 7) is 10.3. The SMILES string of the molecule is C=C(Cc1csc(C)n1)[C@@H]1CC2(CC2)OC(C)(C)O1. The Labute approximate surface area is 118 Å². The van der Waals surface area contributed by atoms with Crippen molar-refractivity contribution in [2.24, 2.45) is 0 Å². The standard InChI is InChI=1S/C15H21NO2S/c1-10(7-12-9-19-11(2)16-12)13-8-15(5-6-15)18-14(3,4)17-13/h9,13H,1,5-8H2,2-4H3/t13-/m0/s1. The number of ether oxygens (including phenoxy) is 2. The number of rotatable bonds is 3. The van der Waals surface area contributed by atoms with E-state index in [1.807, 2.05) is 20.8 Å². The highest BCUT2D eigenvalue weighted by atomic mass is 32.1. The molecule has 1 atom stereocenters. The molecule has 104 valence electrons. The zero-order valence-corrected chi connectivity index (χ0v) is 12.7. The van der Waals surface area contributed by atoms with E-state index in [1.165, 1.54) is 0 Å². The lowest BCUT2D eigenvalue weighted by molar-refractivity contribution is -0.301. The maximum atomic E-state index is 6.04. The second kappa shape index (κ2) is 4.40. The van der Waals surface area contributed by atoms with E-state index >= 15 is 0 Å². The molecular weight excluding hydrogens is 258 g/mol. The fourth-order valence-electron chi connectivity index (χ4n) is 2.82. The largest absolute Gasteiger partial charge is 0.344 e. The minimum absolute atomic E-state index is 0.0628. The van der Waals surface area contributed by atoms with E-state index in [4.69, 9.17) is 9.47 Å². The molecule has 4 heteroatoms. The molecule has 0 amide bonds. The van der Waals surface area contributed by atoms with Gasteiger partial charge in [0.15, 0.2) is 5.79 Å². The molecule has 1 spiro atoms. The Hall–Kier alpha value is -0.710. The Kier molecular flexibility index (Phi) is 3.08. The Bertz CT molecular complexity index is 496. The predicted molar refractivity (Wildman–Crippen MR) is 76.3 cm³/mol. The van der Waals surface area contributed by atoms with Gasteiger partial charge in [0.25, 0.3) is 0 Å². The van der Waals surface area contributed by atoms with Gasteiger partial charge in [-0.2, -0.15) is 0 Å². The summed E-state index contributed by atoms with van der Waals surface area (Å²) in [7, 11) is 0. The van der Waals surface area contributed by atoms with E-state index in [9.17, 15) is 0 Å². The second-order valence-electron chi connectivity index (χ2n) is 6.19. The van der Waals surface area contributed by atoms with Gasteiger partial charge < -0.3 is 9.47 Å². The van der Waals surface area contributed by atoms with Gasteiger partial charge in [0.1, 0.15) is 0 Å². The summed E-state index contributed by atoms with van der Waals surface area (Å²) in [5, 5.41) is 3.22. The lowest BCUT2D eigenvalue weighted by Crippen LogP contribution is -2.46. The van der Waals surface area contributed by atoms with Gasteiger partial charge in [0, 0.05) is 18.2 Å². The zero-order chi connectivity index (χ0) is 13.7. The van der Waals surface area contributed by atoms with Gasteiger partial charge in [-0.25, -0.2) is 4.98 Å².